The minimum atomic E-state index is 0.243. The summed E-state index contributed by atoms with van der Waals surface area (Å²) in [5, 5.41) is 7.04. The predicted molar refractivity (Wildman–Crippen MR) is 45.8 cm³/mol. The van der Waals surface area contributed by atoms with Crippen molar-refractivity contribution in [2.24, 2.45) is 5.92 Å². The van der Waals surface area contributed by atoms with E-state index >= 15 is 0 Å². The molecule has 1 aromatic heterocycles. The highest BCUT2D eigenvalue weighted by atomic mass is 16.5. The number of methoxy groups -OCH3 is 1. The van der Waals surface area contributed by atoms with Crippen LogP contribution in [0.5, 0.6) is 0 Å². The molecule has 0 saturated heterocycles. The summed E-state index contributed by atoms with van der Waals surface area (Å²) in [5.74, 6) is 0.611. The zero-order valence-corrected chi connectivity index (χ0v) is 7.50. The fourth-order valence-corrected chi connectivity index (χ4v) is 1.96. The molecular weight excluding hydrogens is 152 g/mol. The molecular formula is C9H14N2O. The Morgan fingerprint density at radius 2 is 2.50 bits per heavy atom. The van der Waals surface area contributed by atoms with E-state index < -0.39 is 0 Å². The van der Waals surface area contributed by atoms with E-state index in [-0.39, 0.29) is 6.10 Å². The number of aromatic amines is 1. The Morgan fingerprint density at radius 3 is 3.25 bits per heavy atom. The molecule has 66 valence electrons. The van der Waals surface area contributed by atoms with Crippen molar-refractivity contribution in [1.82, 2.24) is 10.2 Å². The second-order valence-electron chi connectivity index (χ2n) is 3.48. The SMILES string of the molecule is COC1c2cn[nH]c2CCC1C. The number of hydrogen-bond donors (Lipinski definition) is 1. The molecule has 0 saturated carbocycles. The third-order valence-electron chi connectivity index (χ3n) is 2.68. The summed E-state index contributed by atoms with van der Waals surface area (Å²) < 4.78 is 5.43. The minimum absolute atomic E-state index is 0.243. The Hall–Kier alpha value is -0.830. The minimum Gasteiger partial charge on any atom is -0.376 e. The molecule has 2 unspecified atom stereocenters. The smallest absolute Gasteiger partial charge is 0.0879 e. The number of nitrogens with one attached hydrogen (secondary N) is 1. The first-order valence-corrected chi connectivity index (χ1v) is 4.38. The molecule has 1 N–H and O–H groups in total. The molecule has 1 aliphatic carbocycles. The summed E-state index contributed by atoms with van der Waals surface area (Å²) in [5.41, 5.74) is 2.50. The zero-order chi connectivity index (χ0) is 8.55. The van der Waals surface area contributed by atoms with Gasteiger partial charge in [0.1, 0.15) is 0 Å². The van der Waals surface area contributed by atoms with Crippen molar-refractivity contribution < 1.29 is 4.74 Å². The lowest BCUT2D eigenvalue weighted by atomic mass is 9.86. The first-order chi connectivity index (χ1) is 5.83. The molecule has 0 spiro atoms. The van der Waals surface area contributed by atoms with Crippen molar-refractivity contribution in [2.75, 3.05) is 7.11 Å². The molecule has 3 heteroatoms. The topological polar surface area (TPSA) is 37.9 Å². The van der Waals surface area contributed by atoms with E-state index in [1.54, 1.807) is 7.11 Å². The molecule has 12 heavy (non-hydrogen) atoms. The molecule has 1 heterocycles. The van der Waals surface area contributed by atoms with Gasteiger partial charge in [-0.2, -0.15) is 5.10 Å². The maximum absolute atomic E-state index is 5.43. The number of rotatable bonds is 1. The van der Waals surface area contributed by atoms with Gasteiger partial charge in [0.25, 0.3) is 0 Å². The monoisotopic (exact) mass is 166 g/mol. The van der Waals surface area contributed by atoms with E-state index in [1.165, 1.54) is 17.7 Å². The Balaban J connectivity index is 2.34. The van der Waals surface area contributed by atoms with E-state index in [0.717, 1.165) is 6.42 Å². The quantitative estimate of drug-likeness (QED) is 0.689. The summed E-state index contributed by atoms with van der Waals surface area (Å²) in [6.07, 6.45) is 4.43. The molecule has 0 amide bonds. The maximum atomic E-state index is 5.43. The number of nitrogens with zero attached hydrogens (tertiary/aromatic N) is 1. The summed E-state index contributed by atoms with van der Waals surface area (Å²) in [7, 11) is 1.77. The summed E-state index contributed by atoms with van der Waals surface area (Å²) >= 11 is 0. The highest BCUT2D eigenvalue weighted by Gasteiger charge is 2.27. The van der Waals surface area contributed by atoms with Crippen LogP contribution in [-0.2, 0) is 11.2 Å². The van der Waals surface area contributed by atoms with E-state index in [9.17, 15) is 0 Å². The average Bonchev–Trinajstić information content (AvgIpc) is 2.52. The molecule has 0 bridgehead atoms. The first-order valence-electron chi connectivity index (χ1n) is 4.38. The van der Waals surface area contributed by atoms with Crippen molar-refractivity contribution in [2.45, 2.75) is 25.9 Å². The van der Waals surface area contributed by atoms with Crippen LogP contribution in [0.3, 0.4) is 0 Å². The van der Waals surface area contributed by atoms with Crippen molar-refractivity contribution >= 4 is 0 Å². The summed E-state index contributed by atoms with van der Waals surface area (Å²) in [4.78, 5) is 0. The van der Waals surface area contributed by atoms with E-state index in [1.807, 2.05) is 6.20 Å². The van der Waals surface area contributed by atoms with Gasteiger partial charge in [0.2, 0.25) is 0 Å². The van der Waals surface area contributed by atoms with Gasteiger partial charge < -0.3 is 4.74 Å². The fraction of sp³-hybridized carbons (Fsp3) is 0.667. The Bertz CT molecular complexity index is 269. The molecule has 1 aromatic rings. The van der Waals surface area contributed by atoms with Crippen molar-refractivity contribution in [1.29, 1.82) is 0 Å². The van der Waals surface area contributed by atoms with Crippen LogP contribution in [0.4, 0.5) is 0 Å². The normalized spacial score (nSPS) is 28.5. The van der Waals surface area contributed by atoms with Crippen LogP contribution in [0.2, 0.25) is 0 Å². The average molecular weight is 166 g/mol. The number of aromatic nitrogens is 2. The van der Waals surface area contributed by atoms with Crippen LogP contribution in [0.25, 0.3) is 0 Å². The largest absolute Gasteiger partial charge is 0.376 e. The highest BCUT2D eigenvalue weighted by Crippen LogP contribution is 2.34. The Morgan fingerprint density at radius 1 is 1.67 bits per heavy atom. The lowest BCUT2D eigenvalue weighted by Crippen LogP contribution is -2.18. The predicted octanol–water partition coefficient (Wildman–Crippen LogP) is 1.68. The van der Waals surface area contributed by atoms with Crippen molar-refractivity contribution in [3.05, 3.63) is 17.5 Å². The lowest BCUT2D eigenvalue weighted by molar-refractivity contribution is 0.0478. The fourth-order valence-electron chi connectivity index (χ4n) is 1.96. The zero-order valence-electron chi connectivity index (χ0n) is 7.50. The number of H-pyrrole nitrogens is 1. The van der Waals surface area contributed by atoms with Gasteiger partial charge in [0.05, 0.1) is 12.3 Å². The van der Waals surface area contributed by atoms with Crippen LogP contribution < -0.4 is 0 Å². The molecule has 2 rings (SSSR count). The number of hydrogen-bond acceptors (Lipinski definition) is 2. The molecule has 0 fully saturated rings. The lowest BCUT2D eigenvalue weighted by Gasteiger charge is -2.26. The number of aryl methyl sites for hydroxylation is 1. The molecule has 3 nitrogen and oxygen atoms in total. The van der Waals surface area contributed by atoms with E-state index in [2.05, 4.69) is 17.1 Å². The molecule has 1 aliphatic rings. The summed E-state index contributed by atoms with van der Waals surface area (Å²) in [6, 6.07) is 0. The van der Waals surface area contributed by atoms with Gasteiger partial charge in [-0.15, -0.1) is 0 Å². The van der Waals surface area contributed by atoms with Gasteiger partial charge in [0, 0.05) is 18.4 Å². The highest BCUT2D eigenvalue weighted by molar-refractivity contribution is 5.23. The van der Waals surface area contributed by atoms with E-state index in [0.29, 0.717) is 5.92 Å². The van der Waals surface area contributed by atoms with Gasteiger partial charge in [-0.05, 0) is 18.8 Å². The first kappa shape index (κ1) is 7.80. The third kappa shape index (κ3) is 1.05. The Kier molecular flexibility index (Phi) is 1.89. The second kappa shape index (κ2) is 2.90. The maximum Gasteiger partial charge on any atom is 0.0879 e. The Labute approximate surface area is 72.1 Å². The van der Waals surface area contributed by atoms with Crippen LogP contribution in [-0.4, -0.2) is 17.3 Å². The van der Waals surface area contributed by atoms with Crippen LogP contribution in [0.1, 0.15) is 30.7 Å². The van der Waals surface area contributed by atoms with Gasteiger partial charge in [0.15, 0.2) is 0 Å². The van der Waals surface area contributed by atoms with Crippen molar-refractivity contribution in [3.63, 3.8) is 0 Å². The van der Waals surface area contributed by atoms with Crippen LogP contribution in [0, 0.1) is 5.92 Å². The number of ether oxygens (including phenoxy) is 1. The van der Waals surface area contributed by atoms with Crippen LogP contribution in [0.15, 0.2) is 6.20 Å². The summed E-state index contributed by atoms with van der Waals surface area (Å²) in [6.45, 7) is 2.23. The molecule has 2 atom stereocenters. The van der Waals surface area contributed by atoms with Gasteiger partial charge >= 0.3 is 0 Å². The number of fused-ring (bicyclic) bond motifs is 1. The van der Waals surface area contributed by atoms with E-state index in [4.69, 9.17) is 4.74 Å². The molecule has 0 aliphatic heterocycles. The van der Waals surface area contributed by atoms with Crippen molar-refractivity contribution in [3.8, 4) is 0 Å². The molecule has 0 aromatic carbocycles. The third-order valence-corrected chi connectivity index (χ3v) is 2.68. The van der Waals surface area contributed by atoms with Gasteiger partial charge in [-0.3, -0.25) is 5.10 Å². The second-order valence-corrected chi connectivity index (χ2v) is 3.48. The standard InChI is InChI=1S/C9H14N2O/c1-6-3-4-8-7(5-10-11-8)9(6)12-2/h5-6,9H,3-4H2,1-2H3,(H,10,11). The molecule has 0 radical (unpaired) electrons. The van der Waals surface area contributed by atoms with Gasteiger partial charge in [-0.25, -0.2) is 0 Å². The van der Waals surface area contributed by atoms with Crippen LogP contribution >= 0.6 is 0 Å². The van der Waals surface area contributed by atoms with Gasteiger partial charge in [-0.1, -0.05) is 6.92 Å².